The van der Waals surface area contributed by atoms with Gasteiger partial charge in [0, 0.05) is 41.0 Å². The van der Waals surface area contributed by atoms with Gasteiger partial charge >= 0.3 is 12.1 Å². The van der Waals surface area contributed by atoms with Crippen molar-refractivity contribution in [1.29, 1.82) is 0 Å². The predicted molar refractivity (Wildman–Crippen MR) is 148 cm³/mol. The zero-order valence-corrected chi connectivity index (χ0v) is 24.3. The smallest absolute Gasteiger partial charge is 0.475 e. The second kappa shape index (κ2) is 12.8. The van der Waals surface area contributed by atoms with Crippen molar-refractivity contribution in [3.8, 4) is 22.4 Å². The largest absolute Gasteiger partial charge is 0.490 e. The first-order chi connectivity index (χ1) is 21.0. The molecule has 0 spiro atoms. The third kappa shape index (κ3) is 8.04. The highest BCUT2D eigenvalue weighted by atomic mass is 19.4. The van der Waals surface area contributed by atoms with E-state index < -0.39 is 31.0 Å². The van der Waals surface area contributed by atoms with Gasteiger partial charge in [-0.15, -0.1) is 0 Å². The molecule has 12 nitrogen and oxygen atoms in total. The van der Waals surface area contributed by atoms with E-state index in [-0.39, 0.29) is 11.2 Å². The number of nitrogens with one attached hydrogen (secondary N) is 1. The summed E-state index contributed by atoms with van der Waals surface area (Å²) in [7, 11) is 0. The summed E-state index contributed by atoms with van der Waals surface area (Å²) in [6, 6.07) is 7.75. The Labute approximate surface area is 251 Å². The molecule has 17 heteroatoms. The van der Waals surface area contributed by atoms with Crippen LogP contribution in [-0.4, -0.2) is 64.1 Å². The molecule has 1 amide bonds. The molecule has 0 atom stereocenters. The third-order valence-electron chi connectivity index (χ3n) is 6.27. The number of amides is 1. The number of carbonyl (C=O) groups is 2. The Balaban J connectivity index is 0.000000591. The van der Waals surface area contributed by atoms with Gasteiger partial charge in [0.05, 0.1) is 17.4 Å². The molecule has 0 aliphatic carbocycles. The van der Waals surface area contributed by atoms with Gasteiger partial charge in [0.15, 0.2) is 0 Å². The Morgan fingerprint density at radius 1 is 1.04 bits per heavy atom. The fourth-order valence-corrected chi connectivity index (χ4v) is 3.98. The maximum absolute atomic E-state index is 12.7. The normalized spacial score (nSPS) is 11.9. The molecule has 0 fully saturated rings. The van der Waals surface area contributed by atoms with Crippen molar-refractivity contribution in [3.63, 3.8) is 0 Å². The van der Waals surface area contributed by atoms with Crippen LogP contribution in [0.15, 0.2) is 53.7 Å². The van der Waals surface area contributed by atoms with Crippen LogP contribution in [0, 0.1) is 6.92 Å². The summed E-state index contributed by atoms with van der Waals surface area (Å²) < 4.78 is 65.2. The van der Waals surface area contributed by atoms with Gasteiger partial charge in [-0.3, -0.25) is 9.48 Å². The average molecular weight is 635 g/mol. The molecule has 4 heterocycles. The van der Waals surface area contributed by atoms with Gasteiger partial charge in [0.25, 0.3) is 18.2 Å². The van der Waals surface area contributed by atoms with Gasteiger partial charge in [-0.1, -0.05) is 38.1 Å². The molecule has 5 aromatic rings. The van der Waals surface area contributed by atoms with Crippen LogP contribution >= 0.6 is 0 Å². The topological polar surface area (TPSA) is 153 Å². The molecule has 0 radical (unpaired) electrons. The van der Waals surface area contributed by atoms with E-state index in [0.29, 0.717) is 23.7 Å². The van der Waals surface area contributed by atoms with Crippen LogP contribution in [0.3, 0.4) is 0 Å². The van der Waals surface area contributed by atoms with Crippen LogP contribution in [0.4, 0.5) is 22.0 Å². The van der Waals surface area contributed by atoms with Gasteiger partial charge in [-0.2, -0.15) is 28.4 Å². The molecule has 5 rings (SSSR count). The maximum Gasteiger partial charge on any atom is 0.490 e. The predicted octanol–water partition coefficient (Wildman–Crippen LogP) is 5.08. The summed E-state index contributed by atoms with van der Waals surface area (Å²) >= 11 is 0. The molecular weight excluding hydrogens is 607 g/mol. The number of fused-ring (bicyclic) bond motifs is 1. The third-order valence-corrected chi connectivity index (χ3v) is 6.27. The number of hydrogen-bond donors (Lipinski definition) is 2. The fourth-order valence-electron chi connectivity index (χ4n) is 3.98. The summed E-state index contributed by atoms with van der Waals surface area (Å²) in [6.07, 6.45) is -1.15. The lowest BCUT2D eigenvalue weighted by Crippen LogP contribution is -2.24. The minimum absolute atomic E-state index is 0.00337. The van der Waals surface area contributed by atoms with E-state index in [0.717, 1.165) is 27.8 Å². The summed E-state index contributed by atoms with van der Waals surface area (Å²) in [6.45, 7) is 7.57. The molecular formula is C28H27F5N8O4. The molecule has 45 heavy (non-hydrogen) atoms. The van der Waals surface area contributed by atoms with Gasteiger partial charge in [0.1, 0.15) is 12.9 Å². The van der Waals surface area contributed by atoms with Gasteiger partial charge < -0.3 is 14.9 Å². The number of alkyl halides is 5. The van der Waals surface area contributed by atoms with Crippen molar-refractivity contribution in [3.05, 3.63) is 72.0 Å². The van der Waals surface area contributed by atoms with Crippen LogP contribution < -0.4 is 5.32 Å². The van der Waals surface area contributed by atoms with Crippen molar-refractivity contribution in [2.75, 3.05) is 0 Å². The number of carboxylic acid groups (broad SMARTS) is 1. The van der Waals surface area contributed by atoms with Crippen molar-refractivity contribution in [2.45, 2.75) is 58.8 Å². The second-order valence-electron chi connectivity index (χ2n) is 10.8. The van der Waals surface area contributed by atoms with Crippen LogP contribution in [0.25, 0.3) is 27.9 Å². The molecule has 0 saturated heterocycles. The average Bonchev–Trinajstić information content (AvgIpc) is 3.71. The van der Waals surface area contributed by atoms with Crippen molar-refractivity contribution in [2.24, 2.45) is 0 Å². The van der Waals surface area contributed by atoms with Crippen molar-refractivity contribution >= 4 is 17.4 Å². The number of aliphatic carboxylic acids is 1. The van der Waals surface area contributed by atoms with Gasteiger partial charge in [0.2, 0.25) is 5.89 Å². The van der Waals surface area contributed by atoms with Gasteiger partial charge in [-0.25, -0.2) is 23.1 Å². The Kier molecular flexibility index (Phi) is 9.29. The first kappa shape index (κ1) is 32.7. The van der Waals surface area contributed by atoms with Gasteiger partial charge in [-0.05, 0) is 30.2 Å². The molecule has 0 aliphatic heterocycles. The van der Waals surface area contributed by atoms with Crippen LogP contribution in [-0.2, 0) is 23.3 Å². The Bertz CT molecular complexity index is 1820. The molecule has 0 aliphatic rings. The number of carboxylic acids is 1. The molecule has 1 aromatic carbocycles. The first-order valence-corrected chi connectivity index (χ1v) is 13.2. The summed E-state index contributed by atoms with van der Waals surface area (Å²) in [5.74, 6) is -2.78. The summed E-state index contributed by atoms with van der Waals surface area (Å²) in [4.78, 5) is 30.1. The number of nitrogens with zero attached hydrogens (tertiary/aromatic N) is 7. The minimum Gasteiger partial charge on any atom is -0.475 e. The maximum atomic E-state index is 12.7. The van der Waals surface area contributed by atoms with E-state index in [1.165, 1.54) is 11.0 Å². The highest BCUT2D eigenvalue weighted by Gasteiger charge is 2.38. The minimum atomic E-state index is -5.08. The van der Waals surface area contributed by atoms with E-state index in [2.05, 4.69) is 30.6 Å². The molecule has 2 N–H and O–H groups in total. The van der Waals surface area contributed by atoms with E-state index in [9.17, 15) is 26.7 Å². The number of halogens is 5. The number of rotatable bonds is 7. The molecule has 4 aromatic heterocycles. The lowest BCUT2D eigenvalue weighted by atomic mass is 9.97. The molecule has 0 unspecified atom stereocenters. The first-order valence-electron chi connectivity index (χ1n) is 13.2. The zero-order chi connectivity index (χ0) is 33.1. The highest BCUT2D eigenvalue weighted by Crippen LogP contribution is 2.29. The SMILES string of the molecule is Cc1cc(-c2ncnn3cc(-c4cnn(CC(F)F)c4)cc23)ccc1CNC(=O)c1noc(C(C)(C)C)n1.O=C(O)C(F)(F)F. The number of hydrogen-bond acceptors (Lipinski definition) is 8. The Morgan fingerprint density at radius 3 is 2.36 bits per heavy atom. The number of aryl methyl sites for hydroxylation is 1. The lowest BCUT2D eigenvalue weighted by Gasteiger charge is -2.10. The van der Waals surface area contributed by atoms with E-state index >= 15 is 0 Å². The standard InChI is InChI=1S/C26H26F2N8O2.C2HF3O2/c1-15-7-16(5-6-17(15)9-29-24(37)23-33-25(38-34-23)26(2,3)4)22-20-8-18(12-36(20)32-14-30-22)19-10-31-35(11-19)13-21(27)28;3-2(4,5)1(6)7/h5-8,10-12,14,21H,9,13H2,1-4H3,(H,29,37);(H,6,7). The molecule has 0 bridgehead atoms. The fraction of sp³-hybridized carbons (Fsp3) is 0.321. The van der Waals surface area contributed by atoms with Crippen LogP contribution in [0.5, 0.6) is 0 Å². The van der Waals surface area contributed by atoms with E-state index in [1.54, 1.807) is 16.9 Å². The Morgan fingerprint density at radius 2 is 1.76 bits per heavy atom. The van der Waals surface area contributed by atoms with Crippen molar-refractivity contribution < 1.29 is 41.2 Å². The number of aromatic nitrogens is 7. The quantitative estimate of drug-likeness (QED) is 0.234. The molecule has 0 saturated carbocycles. The van der Waals surface area contributed by atoms with E-state index in [4.69, 9.17) is 14.4 Å². The Hall–Kier alpha value is -5.22. The zero-order valence-electron chi connectivity index (χ0n) is 24.3. The second-order valence-corrected chi connectivity index (χ2v) is 10.8. The van der Waals surface area contributed by atoms with Crippen molar-refractivity contribution in [1.82, 2.24) is 39.8 Å². The summed E-state index contributed by atoms with van der Waals surface area (Å²) in [5, 5.41) is 22.1. The van der Waals surface area contributed by atoms with E-state index in [1.807, 2.05) is 58.2 Å². The lowest BCUT2D eigenvalue weighted by molar-refractivity contribution is -0.192. The van der Waals surface area contributed by atoms with Crippen LogP contribution in [0.2, 0.25) is 0 Å². The highest BCUT2D eigenvalue weighted by molar-refractivity contribution is 5.90. The number of benzene rings is 1. The number of carbonyl (C=O) groups excluding carboxylic acids is 1. The molecule has 238 valence electrons. The summed E-state index contributed by atoms with van der Waals surface area (Å²) in [5.41, 5.74) is 5.39. The van der Waals surface area contributed by atoms with Crippen LogP contribution in [0.1, 0.15) is 48.4 Å². The monoisotopic (exact) mass is 634 g/mol.